The van der Waals surface area contributed by atoms with Crippen molar-refractivity contribution >= 4 is 5.97 Å². The maximum absolute atomic E-state index is 10.8. The summed E-state index contributed by atoms with van der Waals surface area (Å²) in [4.78, 5) is 10.8. The number of hydrogen-bond acceptors (Lipinski definition) is 3. The predicted molar refractivity (Wildman–Crippen MR) is 82.9 cm³/mol. The van der Waals surface area contributed by atoms with Crippen LogP contribution in [0.15, 0.2) is 60.7 Å². The van der Waals surface area contributed by atoms with E-state index in [1.807, 2.05) is 54.6 Å². The van der Waals surface area contributed by atoms with E-state index in [9.17, 15) is 4.79 Å². The molecule has 2 N–H and O–H groups in total. The third-order valence-electron chi connectivity index (χ3n) is 3.21. The minimum atomic E-state index is -1.03. The number of aromatic amines is 1. The van der Waals surface area contributed by atoms with Crippen LogP contribution in [0.25, 0.3) is 11.3 Å². The standard InChI is InChI=1S/C17H14N2O3.Li.H/c20-17(21)16-10-15(18-19-16)13-6-8-14(9-7-13)22-11-12-4-2-1-3-5-12;;/h1-10H,11H2,(H,18,19)(H,20,21);;/q;+1;-1. The van der Waals surface area contributed by atoms with Gasteiger partial charge in [-0.3, -0.25) is 5.10 Å². The van der Waals surface area contributed by atoms with Crippen LogP contribution in [0.1, 0.15) is 17.5 Å². The second kappa shape index (κ2) is 7.68. The predicted octanol–water partition coefficient (Wildman–Crippen LogP) is 0.470. The molecule has 0 fully saturated rings. The maximum Gasteiger partial charge on any atom is 1.00 e. The number of nitrogens with zero attached hydrogens (tertiary/aromatic N) is 1. The van der Waals surface area contributed by atoms with E-state index in [-0.39, 0.29) is 26.0 Å². The zero-order chi connectivity index (χ0) is 15.4. The van der Waals surface area contributed by atoms with Crippen molar-refractivity contribution in [2.75, 3.05) is 0 Å². The van der Waals surface area contributed by atoms with Gasteiger partial charge in [-0.05, 0) is 35.9 Å². The summed E-state index contributed by atoms with van der Waals surface area (Å²) in [7, 11) is 0. The summed E-state index contributed by atoms with van der Waals surface area (Å²) >= 11 is 0. The summed E-state index contributed by atoms with van der Waals surface area (Å²) in [6.45, 7) is 0.506. The molecular weight excluding hydrogens is 287 g/mol. The number of nitrogens with one attached hydrogen (secondary N) is 1. The van der Waals surface area contributed by atoms with Crippen molar-refractivity contribution in [2.45, 2.75) is 6.61 Å². The van der Waals surface area contributed by atoms with E-state index in [0.717, 1.165) is 16.9 Å². The first kappa shape index (κ1) is 16.9. The molecule has 0 bridgehead atoms. The second-order valence-corrected chi connectivity index (χ2v) is 4.77. The van der Waals surface area contributed by atoms with E-state index in [0.29, 0.717) is 12.3 Å². The Kier molecular flexibility index (Phi) is 5.64. The largest absolute Gasteiger partial charge is 1.00 e. The molecule has 112 valence electrons. The number of H-pyrrole nitrogens is 1. The van der Waals surface area contributed by atoms with E-state index in [1.54, 1.807) is 0 Å². The summed E-state index contributed by atoms with van der Waals surface area (Å²) in [5, 5.41) is 15.3. The Hall–Kier alpha value is -2.48. The minimum absolute atomic E-state index is 0. The zero-order valence-corrected chi connectivity index (χ0v) is 12.7. The van der Waals surface area contributed by atoms with Crippen LogP contribution in [-0.2, 0) is 6.61 Å². The molecule has 0 amide bonds. The number of hydrogen-bond donors (Lipinski definition) is 2. The molecule has 6 heteroatoms. The normalized spacial score (nSPS) is 9.91. The monoisotopic (exact) mass is 302 g/mol. The number of carboxylic acids is 1. The molecule has 0 saturated carbocycles. The van der Waals surface area contributed by atoms with Gasteiger partial charge in [-0.1, -0.05) is 30.3 Å². The molecule has 5 nitrogen and oxygen atoms in total. The fourth-order valence-electron chi connectivity index (χ4n) is 2.04. The Morgan fingerprint density at radius 1 is 1.13 bits per heavy atom. The van der Waals surface area contributed by atoms with Gasteiger partial charge in [0.1, 0.15) is 18.1 Å². The summed E-state index contributed by atoms with van der Waals surface area (Å²) in [5.74, 6) is -0.275. The van der Waals surface area contributed by atoms with Gasteiger partial charge in [0.15, 0.2) is 0 Å². The SMILES string of the molecule is O=C(O)c1cc(-c2ccc(OCc3ccccc3)cc2)n[nH]1.[H-].[Li+]. The quantitative estimate of drug-likeness (QED) is 0.672. The summed E-state index contributed by atoms with van der Waals surface area (Å²) < 4.78 is 5.70. The van der Waals surface area contributed by atoms with Crippen molar-refractivity contribution in [1.29, 1.82) is 0 Å². The third-order valence-corrected chi connectivity index (χ3v) is 3.21. The smallest absolute Gasteiger partial charge is 1.00 e. The maximum atomic E-state index is 10.8. The van der Waals surface area contributed by atoms with Crippen LogP contribution in [0.4, 0.5) is 0 Å². The molecule has 0 radical (unpaired) electrons. The Morgan fingerprint density at radius 3 is 2.43 bits per heavy atom. The third kappa shape index (κ3) is 4.25. The molecule has 0 spiro atoms. The van der Waals surface area contributed by atoms with Crippen molar-refractivity contribution in [3.8, 4) is 17.0 Å². The first-order valence-electron chi connectivity index (χ1n) is 6.78. The van der Waals surface area contributed by atoms with Crippen LogP contribution >= 0.6 is 0 Å². The van der Waals surface area contributed by atoms with Gasteiger partial charge in [0.2, 0.25) is 0 Å². The van der Waals surface area contributed by atoms with Gasteiger partial charge in [0.25, 0.3) is 0 Å². The summed E-state index contributed by atoms with van der Waals surface area (Å²) in [6, 6.07) is 18.8. The summed E-state index contributed by atoms with van der Waals surface area (Å²) in [6.07, 6.45) is 0. The van der Waals surface area contributed by atoms with Crippen molar-refractivity contribution < 1.29 is 34.9 Å². The van der Waals surface area contributed by atoms with Crippen LogP contribution in [0.2, 0.25) is 0 Å². The number of rotatable bonds is 5. The molecule has 0 aliphatic heterocycles. The molecule has 0 aliphatic carbocycles. The van der Waals surface area contributed by atoms with Gasteiger partial charge < -0.3 is 11.3 Å². The summed E-state index contributed by atoms with van der Waals surface area (Å²) in [5.41, 5.74) is 2.59. The molecule has 1 heterocycles. The first-order valence-corrected chi connectivity index (χ1v) is 6.78. The number of benzene rings is 2. The Bertz CT molecular complexity index is 776. The van der Waals surface area contributed by atoms with E-state index >= 15 is 0 Å². The van der Waals surface area contributed by atoms with E-state index in [1.165, 1.54) is 6.07 Å². The van der Waals surface area contributed by atoms with Crippen LogP contribution < -0.4 is 23.6 Å². The molecule has 0 aliphatic rings. The first-order chi connectivity index (χ1) is 10.7. The van der Waals surface area contributed by atoms with Crippen molar-refractivity contribution in [3.05, 3.63) is 71.9 Å². The molecular formula is C17H15LiN2O3. The van der Waals surface area contributed by atoms with Gasteiger partial charge in [-0.25, -0.2) is 4.79 Å². The van der Waals surface area contributed by atoms with Crippen LogP contribution in [-0.4, -0.2) is 21.3 Å². The molecule has 3 rings (SSSR count). The van der Waals surface area contributed by atoms with Crippen molar-refractivity contribution in [1.82, 2.24) is 10.2 Å². The number of carbonyl (C=O) groups is 1. The molecule has 0 unspecified atom stereocenters. The molecule has 0 saturated heterocycles. The van der Waals surface area contributed by atoms with E-state index in [2.05, 4.69) is 10.2 Å². The fourth-order valence-corrected chi connectivity index (χ4v) is 2.04. The number of aromatic carboxylic acids is 1. The molecule has 23 heavy (non-hydrogen) atoms. The number of aromatic nitrogens is 2. The zero-order valence-electron chi connectivity index (χ0n) is 13.7. The van der Waals surface area contributed by atoms with Crippen molar-refractivity contribution in [2.24, 2.45) is 0 Å². The number of ether oxygens (including phenoxy) is 1. The van der Waals surface area contributed by atoms with Crippen molar-refractivity contribution in [3.63, 3.8) is 0 Å². The second-order valence-electron chi connectivity index (χ2n) is 4.77. The fraction of sp³-hybridized carbons (Fsp3) is 0.0588. The number of carboxylic acid groups (broad SMARTS) is 1. The topological polar surface area (TPSA) is 75.2 Å². The Labute approximate surface area is 147 Å². The molecule has 1 aromatic heterocycles. The Morgan fingerprint density at radius 2 is 1.83 bits per heavy atom. The average molecular weight is 302 g/mol. The average Bonchev–Trinajstić information content (AvgIpc) is 3.05. The van der Waals surface area contributed by atoms with Gasteiger partial charge in [0, 0.05) is 5.56 Å². The van der Waals surface area contributed by atoms with Crippen LogP contribution in [0.5, 0.6) is 5.75 Å². The molecule has 0 atom stereocenters. The van der Waals surface area contributed by atoms with Crippen LogP contribution in [0, 0.1) is 0 Å². The van der Waals surface area contributed by atoms with Gasteiger partial charge >= 0.3 is 24.8 Å². The van der Waals surface area contributed by atoms with Gasteiger partial charge in [-0.2, -0.15) is 5.10 Å². The van der Waals surface area contributed by atoms with Crippen LogP contribution in [0.3, 0.4) is 0 Å². The minimum Gasteiger partial charge on any atom is -1.00 e. The van der Waals surface area contributed by atoms with E-state index in [4.69, 9.17) is 9.84 Å². The molecule has 2 aromatic carbocycles. The van der Waals surface area contributed by atoms with E-state index < -0.39 is 5.97 Å². The van der Waals surface area contributed by atoms with Gasteiger partial charge in [-0.15, -0.1) is 0 Å². The Balaban J connectivity index is 0.00000144. The van der Waals surface area contributed by atoms with Gasteiger partial charge in [0.05, 0.1) is 5.69 Å². The molecule has 3 aromatic rings.